The van der Waals surface area contributed by atoms with Crippen molar-refractivity contribution in [3.63, 3.8) is 0 Å². The van der Waals surface area contributed by atoms with E-state index in [0.717, 1.165) is 52.1 Å². The fourth-order valence-corrected chi connectivity index (χ4v) is 4.10. The molecule has 2 aliphatic heterocycles. The second-order valence-corrected chi connectivity index (χ2v) is 7.23. The summed E-state index contributed by atoms with van der Waals surface area (Å²) in [4.78, 5) is 20.4. The predicted octanol–water partition coefficient (Wildman–Crippen LogP) is 1.84. The molecule has 0 bridgehead atoms. The van der Waals surface area contributed by atoms with Crippen LogP contribution < -0.4 is 5.32 Å². The SMILES string of the molecule is CN1CCN(C(CNC(=O)N2CCCC2)c2cccs2)CC1. The highest BCUT2D eigenvalue weighted by Gasteiger charge is 2.26. The number of hydrogen-bond acceptors (Lipinski definition) is 4. The molecule has 1 atom stereocenters. The van der Waals surface area contributed by atoms with Crippen molar-refractivity contribution in [2.75, 3.05) is 52.9 Å². The summed E-state index contributed by atoms with van der Waals surface area (Å²) < 4.78 is 0. The minimum Gasteiger partial charge on any atom is -0.336 e. The van der Waals surface area contributed by atoms with Crippen molar-refractivity contribution in [3.8, 4) is 0 Å². The number of piperazine rings is 1. The molecule has 0 aromatic carbocycles. The van der Waals surface area contributed by atoms with Gasteiger partial charge in [-0.2, -0.15) is 0 Å². The summed E-state index contributed by atoms with van der Waals surface area (Å²) in [5.74, 6) is 0. The number of hydrogen-bond donors (Lipinski definition) is 1. The van der Waals surface area contributed by atoms with Crippen molar-refractivity contribution in [3.05, 3.63) is 22.4 Å². The van der Waals surface area contributed by atoms with Gasteiger partial charge in [-0.1, -0.05) is 6.07 Å². The quantitative estimate of drug-likeness (QED) is 0.919. The standard InChI is InChI=1S/C16H26N4OS/c1-18-8-10-19(11-9-18)14(15-5-4-12-22-15)13-17-16(21)20-6-2-3-7-20/h4-5,12,14H,2-3,6-11,13H2,1H3,(H,17,21). The maximum Gasteiger partial charge on any atom is 0.317 e. The largest absolute Gasteiger partial charge is 0.336 e. The summed E-state index contributed by atoms with van der Waals surface area (Å²) in [7, 11) is 2.17. The Hall–Kier alpha value is -1.11. The first-order chi connectivity index (χ1) is 10.7. The molecule has 1 aromatic heterocycles. The van der Waals surface area contributed by atoms with Crippen LogP contribution in [0.5, 0.6) is 0 Å². The van der Waals surface area contributed by atoms with Gasteiger partial charge in [0.05, 0.1) is 6.04 Å². The summed E-state index contributed by atoms with van der Waals surface area (Å²) in [5.41, 5.74) is 0. The molecule has 1 unspecified atom stereocenters. The number of nitrogens with one attached hydrogen (secondary N) is 1. The van der Waals surface area contributed by atoms with Crippen LogP contribution in [0.4, 0.5) is 4.79 Å². The van der Waals surface area contributed by atoms with E-state index in [4.69, 9.17) is 0 Å². The maximum atomic E-state index is 12.2. The van der Waals surface area contributed by atoms with Gasteiger partial charge in [0.2, 0.25) is 0 Å². The smallest absolute Gasteiger partial charge is 0.317 e. The molecule has 3 rings (SSSR count). The first-order valence-corrected chi connectivity index (χ1v) is 9.11. The molecule has 1 N–H and O–H groups in total. The van der Waals surface area contributed by atoms with Crippen molar-refractivity contribution in [2.24, 2.45) is 0 Å². The molecule has 0 radical (unpaired) electrons. The first-order valence-electron chi connectivity index (χ1n) is 8.23. The van der Waals surface area contributed by atoms with Crippen LogP contribution >= 0.6 is 11.3 Å². The van der Waals surface area contributed by atoms with E-state index in [2.05, 4.69) is 39.7 Å². The van der Waals surface area contributed by atoms with Crippen molar-refractivity contribution in [1.82, 2.24) is 20.0 Å². The number of urea groups is 1. The number of rotatable bonds is 4. The molecule has 5 nitrogen and oxygen atoms in total. The number of thiophene rings is 1. The molecule has 2 aliphatic rings. The fraction of sp³-hybridized carbons (Fsp3) is 0.688. The Bertz CT molecular complexity index is 465. The highest BCUT2D eigenvalue weighted by Crippen LogP contribution is 2.25. The highest BCUT2D eigenvalue weighted by atomic mass is 32.1. The summed E-state index contributed by atoms with van der Waals surface area (Å²) in [5, 5.41) is 5.29. The second kappa shape index (κ2) is 7.44. The molecule has 1 aromatic rings. The van der Waals surface area contributed by atoms with Crippen molar-refractivity contribution in [2.45, 2.75) is 18.9 Å². The molecule has 0 saturated carbocycles. The Balaban J connectivity index is 1.60. The zero-order valence-corrected chi connectivity index (χ0v) is 14.1. The van der Waals surface area contributed by atoms with Gasteiger partial charge in [0.25, 0.3) is 0 Å². The minimum atomic E-state index is 0.105. The van der Waals surface area contributed by atoms with Crippen LogP contribution in [0.2, 0.25) is 0 Å². The third kappa shape index (κ3) is 3.80. The molecule has 0 spiro atoms. The number of nitrogens with zero attached hydrogens (tertiary/aromatic N) is 3. The first kappa shape index (κ1) is 15.8. The number of likely N-dealkylation sites (N-methyl/N-ethyl adjacent to an activating group) is 1. The van der Waals surface area contributed by atoms with E-state index >= 15 is 0 Å². The van der Waals surface area contributed by atoms with E-state index in [1.807, 2.05) is 4.90 Å². The molecule has 6 heteroatoms. The average Bonchev–Trinajstić information content (AvgIpc) is 3.22. The summed E-state index contributed by atoms with van der Waals surface area (Å²) in [6, 6.07) is 4.70. The van der Waals surface area contributed by atoms with E-state index in [0.29, 0.717) is 12.6 Å². The van der Waals surface area contributed by atoms with Gasteiger partial charge in [-0.05, 0) is 31.3 Å². The monoisotopic (exact) mass is 322 g/mol. The molecule has 0 aliphatic carbocycles. The van der Waals surface area contributed by atoms with Crippen LogP contribution in [0.15, 0.2) is 17.5 Å². The highest BCUT2D eigenvalue weighted by molar-refractivity contribution is 7.10. The Morgan fingerprint density at radius 3 is 2.59 bits per heavy atom. The van der Waals surface area contributed by atoms with Crippen LogP contribution in [0, 0.1) is 0 Å². The molecule has 122 valence electrons. The van der Waals surface area contributed by atoms with Gasteiger partial charge in [-0.15, -0.1) is 11.3 Å². The lowest BCUT2D eigenvalue weighted by atomic mass is 10.1. The normalized spacial score (nSPS) is 22.0. The predicted molar refractivity (Wildman–Crippen MR) is 90.3 cm³/mol. The molecule has 2 amide bonds. The molecule has 3 heterocycles. The summed E-state index contributed by atoms with van der Waals surface area (Å²) in [6.07, 6.45) is 2.28. The van der Waals surface area contributed by atoms with Crippen LogP contribution in [-0.2, 0) is 0 Å². The van der Waals surface area contributed by atoms with E-state index < -0.39 is 0 Å². The van der Waals surface area contributed by atoms with Gasteiger partial charge >= 0.3 is 6.03 Å². The van der Waals surface area contributed by atoms with Crippen LogP contribution in [0.3, 0.4) is 0 Å². The zero-order valence-electron chi connectivity index (χ0n) is 13.3. The Morgan fingerprint density at radius 1 is 1.23 bits per heavy atom. The lowest BCUT2D eigenvalue weighted by molar-refractivity contribution is 0.111. The zero-order chi connectivity index (χ0) is 15.4. The van der Waals surface area contributed by atoms with Gasteiger partial charge in [-0.3, -0.25) is 4.90 Å². The summed E-state index contributed by atoms with van der Waals surface area (Å²) in [6.45, 7) is 6.86. The maximum absolute atomic E-state index is 12.2. The number of carbonyl (C=O) groups is 1. The molecule has 2 fully saturated rings. The lowest BCUT2D eigenvalue weighted by Gasteiger charge is -2.37. The Morgan fingerprint density at radius 2 is 1.95 bits per heavy atom. The number of amides is 2. The average molecular weight is 322 g/mol. The van der Waals surface area contributed by atoms with Gasteiger partial charge in [-0.25, -0.2) is 4.79 Å². The van der Waals surface area contributed by atoms with Crippen LogP contribution in [0.1, 0.15) is 23.8 Å². The Kier molecular flexibility index (Phi) is 5.33. The molecular weight excluding hydrogens is 296 g/mol. The minimum absolute atomic E-state index is 0.105. The Labute approximate surface area is 136 Å². The van der Waals surface area contributed by atoms with Gasteiger partial charge < -0.3 is 15.1 Å². The van der Waals surface area contributed by atoms with Crippen molar-refractivity contribution in [1.29, 1.82) is 0 Å². The van der Waals surface area contributed by atoms with Gasteiger partial charge in [0, 0.05) is 50.7 Å². The third-order valence-corrected chi connectivity index (χ3v) is 5.66. The fourth-order valence-electron chi connectivity index (χ4n) is 3.24. The second-order valence-electron chi connectivity index (χ2n) is 6.25. The molecule has 2 saturated heterocycles. The van der Waals surface area contributed by atoms with Crippen LogP contribution in [-0.4, -0.2) is 73.6 Å². The summed E-state index contributed by atoms with van der Waals surface area (Å²) >= 11 is 1.79. The van der Waals surface area contributed by atoms with Gasteiger partial charge in [0.1, 0.15) is 0 Å². The number of carbonyl (C=O) groups excluding carboxylic acids is 1. The molecular formula is C16H26N4OS. The van der Waals surface area contributed by atoms with Crippen LogP contribution in [0.25, 0.3) is 0 Å². The number of likely N-dealkylation sites (tertiary alicyclic amines) is 1. The third-order valence-electron chi connectivity index (χ3n) is 4.69. The van der Waals surface area contributed by atoms with E-state index in [-0.39, 0.29) is 6.03 Å². The lowest BCUT2D eigenvalue weighted by Crippen LogP contribution is -2.49. The molecule has 22 heavy (non-hydrogen) atoms. The topological polar surface area (TPSA) is 38.8 Å². The van der Waals surface area contributed by atoms with Gasteiger partial charge in [0.15, 0.2) is 0 Å². The van der Waals surface area contributed by atoms with E-state index in [1.54, 1.807) is 11.3 Å². The van der Waals surface area contributed by atoms with E-state index in [9.17, 15) is 4.79 Å². The van der Waals surface area contributed by atoms with E-state index in [1.165, 1.54) is 4.88 Å². The van der Waals surface area contributed by atoms with Crippen molar-refractivity contribution < 1.29 is 4.79 Å². The van der Waals surface area contributed by atoms with Crippen molar-refractivity contribution >= 4 is 17.4 Å².